The lowest BCUT2D eigenvalue weighted by Crippen LogP contribution is -2.09. The zero-order valence-electron chi connectivity index (χ0n) is 8.84. The number of aryl methyl sites for hydroxylation is 1. The molecule has 1 heteroatoms. The zero-order chi connectivity index (χ0) is 10.1. The maximum Gasteiger partial charge on any atom is 0.119 e. The molecule has 0 N–H and O–H groups in total. The Morgan fingerprint density at radius 1 is 1.36 bits per heavy atom. The highest BCUT2D eigenvalue weighted by atomic mass is 16.5. The molecule has 0 spiro atoms. The molecule has 0 heterocycles. The number of methoxy groups -OCH3 is 1. The first kappa shape index (κ1) is 9.32. The van der Waals surface area contributed by atoms with Crippen LogP contribution in [0.1, 0.15) is 30.4 Å². The van der Waals surface area contributed by atoms with Crippen molar-refractivity contribution in [2.24, 2.45) is 0 Å². The normalized spacial score (nSPS) is 20.4. The minimum Gasteiger partial charge on any atom is -0.497 e. The van der Waals surface area contributed by atoms with Gasteiger partial charge in [0.1, 0.15) is 5.75 Å². The zero-order valence-corrected chi connectivity index (χ0v) is 8.84. The van der Waals surface area contributed by atoms with E-state index in [4.69, 9.17) is 4.74 Å². The van der Waals surface area contributed by atoms with Gasteiger partial charge in [0.2, 0.25) is 0 Å². The Morgan fingerprint density at radius 3 is 2.86 bits per heavy atom. The summed E-state index contributed by atoms with van der Waals surface area (Å²) in [6, 6.07) is 6.36. The van der Waals surface area contributed by atoms with Gasteiger partial charge in [0.25, 0.3) is 0 Å². The van der Waals surface area contributed by atoms with Gasteiger partial charge in [-0.05, 0) is 36.1 Å². The summed E-state index contributed by atoms with van der Waals surface area (Å²) >= 11 is 0. The van der Waals surface area contributed by atoms with Crippen molar-refractivity contribution in [1.82, 2.24) is 0 Å². The van der Waals surface area contributed by atoms with E-state index in [1.54, 1.807) is 7.11 Å². The van der Waals surface area contributed by atoms with Gasteiger partial charge >= 0.3 is 0 Å². The quantitative estimate of drug-likeness (QED) is 0.614. The minimum atomic E-state index is 0.504. The highest BCUT2D eigenvalue weighted by Crippen LogP contribution is 2.35. The number of fused-ring (bicyclic) bond motifs is 1. The first-order chi connectivity index (χ1) is 6.72. The van der Waals surface area contributed by atoms with Crippen LogP contribution in [0.3, 0.4) is 0 Å². The fourth-order valence-corrected chi connectivity index (χ4v) is 2.08. The van der Waals surface area contributed by atoms with E-state index < -0.39 is 0 Å². The molecule has 74 valence electrons. The first-order valence-electron chi connectivity index (χ1n) is 5.07. The summed E-state index contributed by atoms with van der Waals surface area (Å²) in [5, 5.41) is 0. The molecule has 0 radical (unpaired) electrons. The van der Waals surface area contributed by atoms with Crippen LogP contribution in [0, 0.1) is 0 Å². The molecule has 0 aliphatic heterocycles. The summed E-state index contributed by atoms with van der Waals surface area (Å²) in [7, 11) is 1.72. The second kappa shape index (κ2) is 3.49. The van der Waals surface area contributed by atoms with Crippen molar-refractivity contribution in [3.05, 3.63) is 41.5 Å². The van der Waals surface area contributed by atoms with Gasteiger partial charge in [0, 0.05) is 5.92 Å². The Kier molecular flexibility index (Phi) is 2.32. The largest absolute Gasteiger partial charge is 0.497 e. The van der Waals surface area contributed by atoms with Crippen LogP contribution in [0.2, 0.25) is 0 Å². The minimum absolute atomic E-state index is 0.504. The molecule has 1 aliphatic rings. The first-order valence-corrected chi connectivity index (χ1v) is 5.07. The Hall–Kier alpha value is -1.24. The molecule has 2 rings (SSSR count). The molecule has 1 aromatic carbocycles. The molecule has 1 aliphatic carbocycles. The molecule has 1 nitrogen and oxygen atoms in total. The van der Waals surface area contributed by atoms with Gasteiger partial charge in [0.15, 0.2) is 0 Å². The van der Waals surface area contributed by atoms with Crippen molar-refractivity contribution in [2.45, 2.75) is 25.7 Å². The Morgan fingerprint density at radius 2 is 2.14 bits per heavy atom. The Balaban J connectivity index is 2.43. The highest BCUT2D eigenvalue weighted by molar-refractivity contribution is 5.43. The average molecular weight is 188 g/mol. The summed E-state index contributed by atoms with van der Waals surface area (Å²) in [5.41, 5.74) is 4.19. The van der Waals surface area contributed by atoms with E-state index in [1.807, 2.05) is 6.07 Å². The average Bonchev–Trinajstić information content (AvgIpc) is 2.23. The van der Waals surface area contributed by atoms with Gasteiger partial charge in [-0.3, -0.25) is 0 Å². The Labute approximate surface area is 85.4 Å². The fourth-order valence-electron chi connectivity index (χ4n) is 2.08. The summed E-state index contributed by atoms with van der Waals surface area (Å²) in [6.07, 6.45) is 2.22. The SMILES string of the molecule is C=C1CCc2cc(OC)ccc2C1C. The number of rotatable bonds is 1. The number of hydrogen-bond donors (Lipinski definition) is 0. The maximum atomic E-state index is 5.22. The second-order valence-electron chi connectivity index (χ2n) is 3.94. The van der Waals surface area contributed by atoms with E-state index in [-0.39, 0.29) is 0 Å². The number of ether oxygens (including phenoxy) is 1. The van der Waals surface area contributed by atoms with E-state index >= 15 is 0 Å². The molecule has 0 aromatic heterocycles. The topological polar surface area (TPSA) is 9.23 Å². The van der Waals surface area contributed by atoms with Crippen molar-refractivity contribution in [3.8, 4) is 5.75 Å². The molecule has 0 bridgehead atoms. The van der Waals surface area contributed by atoms with Gasteiger partial charge in [-0.25, -0.2) is 0 Å². The molecular formula is C13H16O. The lowest BCUT2D eigenvalue weighted by Gasteiger charge is -2.25. The van der Waals surface area contributed by atoms with Crippen molar-refractivity contribution >= 4 is 0 Å². The molecule has 0 saturated carbocycles. The van der Waals surface area contributed by atoms with Gasteiger partial charge < -0.3 is 4.74 Å². The molecule has 1 unspecified atom stereocenters. The molecular weight excluding hydrogens is 172 g/mol. The predicted octanol–water partition coefficient (Wildman–Crippen LogP) is 3.30. The lowest BCUT2D eigenvalue weighted by molar-refractivity contribution is 0.413. The maximum absolute atomic E-state index is 5.22. The van der Waals surface area contributed by atoms with E-state index in [0.717, 1.165) is 18.6 Å². The summed E-state index contributed by atoms with van der Waals surface area (Å²) in [6.45, 7) is 6.33. The molecule has 0 saturated heterocycles. The van der Waals surface area contributed by atoms with Gasteiger partial charge in [0.05, 0.1) is 7.11 Å². The predicted molar refractivity (Wildman–Crippen MR) is 58.9 cm³/mol. The van der Waals surface area contributed by atoms with Crippen LogP contribution >= 0.6 is 0 Å². The van der Waals surface area contributed by atoms with Crippen molar-refractivity contribution < 1.29 is 4.74 Å². The highest BCUT2D eigenvalue weighted by Gasteiger charge is 2.19. The van der Waals surface area contributed by atoms with Crippen LogP contribution in [0.5, 0.6) is 5.75 Å². The van der Waals surface area contributed by atoms with Crippen LogP contribution in [-0.2, 0) is 6.42 Å². The second-order valence-corrected chi connectivity index (χ2v) is 3.94. The van der Waals surface area contributed by atoms with Crippen molar-refractivity contribution in [1.29, 1.82) is 0 Å². The number of allylic oxidation sites excluding steroid dienone is 1. The fraction of sp³-hybridized carbons (Fsp3) is 0.385. The number of benzene rings is 1. The third-order valence-electron chi connectivity index (χ3n) is 3.14. The van der Waals surface area contributed by atoms with Crippen LogP contribution < -0.4 is 4.74 Å². The smallest absolute Gasteiger partial charge is 0.119 e. The van der Waals surface area contributed by atoms with Crippen molar-refractivity contribution in [3.63, 3.8) is 0 Å². The van der Waals surface area contributed by atoms with Gasteiger partial charge in [-0.1, -0.05) is 25.1 Å². The third kappa shape index (κ3) is 1.43. The summed E-state index contributed by atoms with van der Waals surface area (Å²) in [5.74, 6) is 1.47. The summed E-state index contributed by atoms with van der Waals surface area (Å²) < 4.78 is 5.22. The van der Waals surface area contributed by atoms with Crippen LogP contribution in [0.4, 0.5) is 0 Å². The summed E-state index contributed by atoms with van der Waals surface area (Å²) in [4.78, 5) is 0. The lowest BCUT2D eigenvalue weighted by atomic mass is 9.81. The van der Waals surface area contributed by atoms with Gasteiger partial charge in [-0.2, -0.15) is 0 Å². The standard InChI is InChI=1S/C13H16O/c1-9-4-5-11-8-12(14-3)6-7-13(11)10(9)2/h6-8,10H,1,4-5H2,2-3H3. The van der Waals surface area contributed by atoms with E-state index in [2.05, 4.69) is 25.6 Å². The third-order valence-corrected chi connectivity index (χ3v) is 3.14. The van der Waals surface area contributed by atoms with Crippen molar-refractivity contribution in [2.75, 3.05) is 7.11 Å². The molecule has 1 aromatic rings. The van der Waals surface area contributed by atoms with E-state index in [1.165, 1.54) is 16.7 Å². The molecule has 14 heavy (non-hydrogen) atoms. The van der Waals surface area contributed by atoms with Crippen LogP contribution in [0.25, 0.3) is 0 Å². The Bertz CT molecular complexity index is 365. The van der Waals surface area contributed by atoms with Crippen LogP contribution in [0.15, 0.2) is 30.4 Å². The van der Waals surface area contributed by atoms with E-state index in [9.17, 15) is 0 Å². The van der Waals surface area contributed by atoms with Gasteiger partial charge in [-0.15, -0.1) is 0 Å². The monoisotopic (exact) mass is 188 g/mol. The number of hydrogen-bond acceptors (Lipinski definition) is 1. The van der Waals surface area contributed by atoms with Crippen LogP contribution in [-0.4, -0.2) is 7.11 Å². The van der Waals surface area contributed by atoms with E-state index in [0.29, 0.717) is 5.92 Å². The molecule has 1 atom stereocenters. The molecule has 0 fully saturated rings. The molecule has 0 amide bonds.